The first-order valence-corrected chi connectivity index (χ1v) is 6.79. The van der Waals surface area contributed by atoms with Gasteiger partial charge >= 0.3 is 0 Å². The van der Waals surface area contributed by atoms with Crippen molar-refractivity contribution in [2.24, 2.45) is 0 Å². The summed E-state index contributed by atoms with van der Waals surface area (Å²) >= 11 is 0. The minimum Gasteiger partial charge on any atom is -0.463 e. The molecule has 4 heteroatoms. The molecule has 2 heterocycles. The molecule has 0 amide bonds. The quantitative estimate of drug-likeness (QED) is 0.869. The lowest BCUT2D eigenvalue weighted by atomic mass is 10.1. The minimum atomic E-state index is 0.525. The Balaban J connectivity index is 2.01. The van der Waals surface area contributed by atoms with Crippen LogP contribution >= 0.6 is 0 Å². The van der Waals surface area contributed by atoms with Gasteiger partial charge in [0, 0.05) is 12.6 Å². The largest absolute Gasteiger partial charge is 0.463 e. The van der Waals surface area contributed by atoms with Gasteiger partial charge in [0.15, 0.2) is 0 Å². The Bertz CT molecular complexity index is 376. The van der Waals surface area contributed by atoms with Gasteiger partial charge in [-0.1, -0.05) is 6.92 Å². The molecule has 4 nitrogen and oxygen atoms in total. The van der Waals surface area contributed by atoms with E-state index in [-0.39, 0.29) is 0 Å². The molecule has 0 saturated carbocycles. The molecule has 2 rings (SSSR count). The van der Waals surface area contributed by atoms with Crippen molar-refractivity contribution in [2.45, 2.75) is 39.4 Å². The van der Waals surface area contributed by atoms with Gasteiger partial charge in [-0.3, -0.25) is 4.90 Å². The van der Waals surface area contributed by atoms with Crippen LogP contribution in [-0.4, -0.2) is 37.7 Å². The molecular formula is C14H24N2O2. The van der Waals surface area contributed by atoms with E-state index in [2.05, 4.69) is 30.1 Å². The molecule has 0 aliphatic carbocycles. The van der Waals surface area contributed by atoms with Gasteiger partial charge in [0.1, 0.15) is 11.5 Å². The molecule has 102 valence electrons. The Morgan fingerprint density at radius 2 is 2.33 bits per heavy atom. The standard InChI is InChI=1S/C14H24N2O2/c1-4-12-10-17-6-5-16(12)9-13-7-11(2)14(18-13)8-15-3/h7,12,15H,4-6,8-10H2,1-3H3. The maximum atomic E-state index is 5.91. The van der Waals surface area contributed by atoms with Crippen LogP contribution in [0.5, 0.6) is 0 Å². The second kappa shape index (κ2) is 6.36. The molecule has 0 radical (unpaired) electrons. The summed E-state index contributed by atoms with van der Waals surface area (Å²) in [6, 6.07) is 2.69. The molecule has 1 aromatic rings. The lowest BCUT2D eigenvalue weighted by molar-refractivity contribution is -0.0155. The van der Waals surface area contributed by atoms with Crippen LogP contribution in [0, 0.1) is 6.92 Å². The lowest BCUT2D eigenvalue weighted by Crippen LogP contribution is -2.44. The van der Waals surface area contributed by atoms with Crippen molar-refractivity contribution in [1.82, 2.24) is 10.2 Å². The summed E-state index contributed by atoms with van der Waals surface area (Å²) in [6.45, 7) is 8.69. The van der Waals surface area contributed by atoms with Crippen LogP contribution in [-0.2, 0) is 17.8 Å². The Hall–Kier alpha value is -0.840. The second-order valence-electron chi connectivity index (χ2n) is 4.96. The van der Waals surface area contributed by atoms with Crippen LogP contribution < -0.4 is 5.32 Å². The SMILES string of the molecule is CCC1COCCN1Cc1cc(C)c(CNC)o1. The number of nitrogens with zero attached hydrogens (tertiary/aromatic N) is 1. The van der Waals surface area contributed by atoms with Gasteiger partial charge in [-0.2, -0.15) is 0 Å². The van der Waals surface area contributed by atoms with E-state index in [1.165, 1.54) is 5.56 Å². The van der Waals surface area contributed by atoms with Crippen LogP contribution in [0.2, 0.25) is 0 Å². The predicted octanol–water partition coefficient (Wildman–Crippen LogP) is 1.92. The van der Waals surface area contributed by atoms with Crippen molar-refractivity contribution in [3.63, 3.8) is 0 Å². The van der Waals surface area contributed by atoms with Crippen molar-refractivity contribution in [2.75, 3.05) is 26.8 Å². The van der Waals surface area contributed by atoms with E-state index in [0.29, 0.717) is 6.04 Å². The Kier molecular flexibility index (Phi) is 4.80. The van der Waals surface area contributed by atoms with Crippen LogP contribution in [0.1, 0.15) is 30.4 Å². The number of nitrogens with one attached hydrogen (secondary N) is 1. The number of hydrogen-bond acceptors (Lipinski definition) is 4. The lowest BCUT2D eigenvalue weighted by Gasteiger charge is -2.34. The summed E-state index contributed by atoms with van der Waals surface area (Å²) < 4.78 is 11.4. The molecular weight excluding hydrogens is 228 g/mol. The summed E-state index contributed by atoms with van der Waals surface area (Å²) in [5, 5.41) is 3.13. The maximum absolute atomic E-state index is 5.91. The summed E-state index contributed by atoms with van der Waals surface area (Å²) in [4.78, 5) is 2.46. The molecule has 1 N–H and O–H groups in total. The molecule has 1 atom stereocenters. The number of hydrogen-bond donors (Lipinski definition) is 1. The zero-order valence-corrected chi connectivity index (χ0v) is 11.7. The fraction of sp³-hybridized carbons (Fsp3) is 0.714. The summed E-state index contributed by atoms with van der Waals surface area (Å²) in [5.74, 6) is 2.12. The molecule has 1 aliphatic heterocycles. The van der Waals surface area contributed by atoms with Gasteiger partial charge in [-0.05, 0) is 32.0 Å². The topological polar surface area (TPSA) is 37.6 Å². The fourth-order valence-electron chi connectivity index (χ4n) is 2.48. The molecule has 1 fully saturated rings. The van der Waals surface area contributed by atoms with E-state index >= 15 is 0 Å². The molecule has 1 aromatic heterocycles. The number of furan rings is 1. The zero-order valence-electron chi connectivity index (χ0n) is 11.7. The molecule has 0 bridgehead atoms. The average Bonchev–Trinajstić information content (AvgIpc) is 2.71. The van der Waals surface area contributed by atoms with Crippen molar-refractivity contribution < 1.29 is 9.15 Å². The summed E-state index contributed by atoms with van der Waals surface area (Å²) in [5.41, 5.74) is 1.24. The van der Waals surface area contributed by atoms with E-state index in [0.717, 1.165) is 50.8 Å². The Morgan fingerprint density at radius 3 is 3.06 bits per heavy atom. The van der Waals surface area contributed by atoms with Crippen LogP contribution in [0.3, 0.4) is 0 Å². The first kappa shape index (κ1) is 13.6. The highest BCUT2D eigenvalue weighted by molar-refractivity contribution is 5.20. The normalized spacial score (nSPS) is 21.4. The van der Waals surface area contributed by atoms with Crippen molar-refractivity contribution in [3.8, 4) is 0 Å². The average molecular weight is 252 g/mol. The van der Waals surface area contributed by atoms with E-state index in [1.807, 2.05) is 7.05 Å². The Morgan fingerprint density at radius 1 is 1.50 bits per heavy atom. The summed E-state index contributed by atoms with van der Waals surface area (Å²) in [7, 11) is 1.94. The smallest absolute Gasteiger partial charge is 0.120 e. The highest BCUT2D eigenvalue weighted by Gasteiger charge is 2.22. The van der Waals surface area contributed by atoms with E-state index in [9.17, 15) is 0 Å². The first-order chi connectivity index (χ1) is 8.74. The maximum Gasteiger partial charge on any atom is 0.120 e. The van der Waals surface area contributed by atoms with E-state index in [1.54, 1.807) is 0 Å². The van der Waals surface area contributed by atoms with Crippen molar-refractivity contribution >= 4 is 0 Å². The monoisotopic (exact) mass is 252 g/mol. The van der Waals surface area contributed by atoms with Gasteiger partial charge in [-0.25, -0.2) is 0 Å². The van der Waals surface area contributed by atoms with Crippen LogP contribution in [0.15, 0.2) is 10.5 Å². The second-order valence-corrected chi connectivity index (χ2v) is 4.96. The molecule has 0 spiro atoms. The van der Waals surface area contributed by atoms with Crippen LogP contribution in [0.25, 0.3) is 0 Å². The third kappa shape index (κ3) is 3.13. The third-order valence-electron chi connectivity index (χ3n) is 3.59. The first-order valence-electron chi connectivity index (χ1n) is 6.79. The van der Waals surface area contributed by atoms with Gasteiger partial charge in [-0.15, -0.1) is 0 Å². The van der Waals surface area contributed by atoms with Crippen molar-refractivity contribution in [3.05, 3.63) is 23.2 Å². The van der Waals surface area contributed by atoms with E-state index < -0.39 is 0 Å². The van der Waals surface area contributed by atoms with Crippen molar-refractivity contribution in [1.29, 1.82) is 0 Å². The molecule has 1 unspecified atom stereocenters. The highest BCUT2D eigenvalue weighted by atomic mass is 16.5. The molecule has 1 aliphatic rings. The van der Waals surface area contributed by atoms with Gasteiger partial charge in [0.25, 0.3) is 0 Å². The molecule has 1 saturated heterocycles. The molecule has 0 aromatic carbocycles. The van der Waals surface area contributed by atoms with Gasteiger partial charge in [0.05, 0.1) is 26.3 Å². The van der Waals surface area contributed by atoms with E-state index in [4.69, 9.17) is 9.15 Å². The number of ether oxygens (including phenoxy) is 1. The van der Waals surface area contributed by atoms with Gasteiger partial charge < -0.3 is 14.5 Å². The number of rotatable bonds is 5. The van der Waals surface area contributed by atoms with Gasteiger partial charge in [0.2, 0.25) is 0 Å². The fourth-order valence-corrected chi connectivity index (χ4v) is 2.48. The highest BCUT2D eigenvalue weighted by Crippen LogP contribution is 2.19. The summed E-state index contributed by atoms with van der Waals surface area (Å²) in [6.07, 6.45) is 1.13. The predicted molar refractivity (Wildman–Crippen MR) is 71.5 cm³/mol. The number of morpholine rings is 1. The van der Waals surface area contributed by atoms with Crippen LogP contribution in [0.4, 0.5) is 0 Å². The third-order valence-corrected chi connectivity index (χ3v) is 3.59. The number of aryl methyl sites for hydroxylation is 1. The zero-order chi connectivity index (χ0) is 13.0. The molecule has 18 heavy (non-hydrogen) atoms. The Labute approximate surface area is 109 Å². The minimum absolute atomic E-state index is 0.525.